The fourth-order valence-electron chi connectivity index (χ4n) is 3.60. The van der Waals surface area contributed by atoms with Gasteiger partial charge in [-0.05, 0) is 12.1 Å². The molecule has 1 atom stereocenters. The van der Waals surface area contributed by atoms with E-state index in [0.29, 0.717) is 33.9 Å². The summed E-state index contributed by atoms with van der Waals surface area (Å²) in [6, 6.07) is 4.45. The number of halogens is 2. The number of hydrogen-bond acceptors (Lipinski definition) is 5. The molecule has 0 spiro atoms. The maximum Gasteiger partial charge on any atom is 0.270 e. The highest BCUT2D eigenvalue weighted by molar-refractivity contribution is 6.00. The summed E-state index contributed by atoms with van der Waals surface area (Å²) in [6.45, 7) is 0. The number of alkyl halides is 2. The lowest BCUT2D eigenvalue weighted by Gasteiger charge is -2.08. The van der Waals surface area contributed by atoms with Crippen LogP contribution in [0.25, 0.3) is 27.9 Å². The van der Waals surface area contributed by atoms with Gasteiger partial charge < -0.3 is 15.2 Å². The molecule has 0 aliphatic heterocycles. The Balaban J connectivity index is 1.76. The number of nitrogens with one attached hydrogen (secondary N) is 2. The predicted octanol–water partition coefficient (Wildman–Crippen LogP) is 2.73. The number of amides is 1. The molecule has 1 aliphatic carbocycles. The average Bonchev–Trinajstić information content (AvgIpc) is 3.09. The molecule has 8 nitrogen and oxygen atoms in total. The lowest BCUT2D eigenvalue weighted by atomic mass is 10.1. The quantitative estimate of drug-likeness (QED) is 0.553. The van der Waals surface area contributed by atoms with Crippen molar-refractivity contribution in [2.24, 2.45) is 0 Å². The lowest BCUT2D eigenvalue weighted by molar-refractivity contribution is 0.0963. The summed E-state index contributed by atoms with van der Waals surface area (Å²) in [4.78, 5) is 21.1. The summed E-state index contributed by atoms with van der Waals surface area (Å²) in [5.74, 6) is -2.43. The van der Waals surface area contributed by atoms with Crippen LogP contribution >= 0.6 is 0 Å². The van der Waals surface area contributed by atoms with Crippen LogP contribution in [-0.4, -0.2) is 50.1 Å². The molecule has 4 aromatic heterocycles. The maximum absolute atomic E-state index is 13.8. The first-order valence-electron chi connectivity index (χ1n) is 9.07. The molecule has 1 aliphatic rings. The molecule has 0 bridgehead atoms. The Morgan fingerprint density at radius 1 is 1.31 bits per heavy atom. The van der Waals surface area contributed by atoms with Gasteiger partial charge in [-0.25, -0.2) is 18.7 Å². The van der Waals surface area contributed by atoms with E-state index < -0.39 is 12.0 Å². The van der Waals surface area contributed by atoms with Crippen molar-refractivity contribution in [1.29, 1.82) is 0 Å². The Morgan fingerprint density at radius 2 is 2.10 bits per heavy atom. The molecule has 0 aromatic carbocycles. The molecular weight excluding hydrogens is 380 g/mol. The van der Waals surface area contributed by atoms with Gasteiger partial charge in [-0.1, -0.05) is 0 Å². The summed E-state index contributed by atoms with van der Waals surface area (Å²) >= 11 is 0. The minimum atomic E-state index is -2.73. The first-order valence-corrected chi connectivity index (χ1v) is 9.07. The van der Waals surface area contributed by atoms with Gasteiger partial charge in [0.25, 0.3) is 11.8 Å². The molecule has 0 radical (unpaired) electrons. The van der Waals surface area contributed by atoms with E-state index in [4.69, 9.17) is 0 Å². The van der Waals surface area contributed by atoms with Gasteiger partial charge in [0.15, 0.2) is 5.65 Å². The zero-order valence-corrected chi connectivity index (χ0v) is 15.6. The van der Waals surface area contributed by atoms with Crippen molar-refractivity contribution < 1.29 is 13.6 Å². The van der Waals surface area contributed by atoms with E-state index in [1.807, 2.05) is 6.07 Å². The average molecular weight is 397 g/mol. The molecule has 5 rings (SSSR count). The van der Waals surface area contributed by atoms with Crippen molar-refractivity contribution >= 4 is 28.4 Å². The van der Waals surface area contributed by atoms with Crippen molar-refractivity contribution in [3.8, 4) is 11.3 Å². The van der Waals surface area contributed by atoms with Crippen LogP contribution in [0.1, 0.15) is 22.8 Å². The highest BCUT2D eigenvalue weighted by Crippen LogP contribution is 2.54. The Bertz CT molecular complexity index is 1280. The van der Waals surface area contributed by atoms with Crippen LogP contribution in [0.3, 0.4) is 0 Å². The topological polar surface area (TPSA) is 89.1 Å². The minimum absolute atomic E-state index is 0.204. The fourth-order valence-corrected chi connectivity index (χ4v) is 3.60. The second-order valence-electron chi connectivity index (χ2n) is 6.95. The van der Waals surface area contributed by atoms with Gasteiger partial charge in [0, 0.05) is 49.9 Å². The highest BCUT2D eigenvalue weighted by Gasteiger charge is 2.58. The third kappa shape index (κ3) is 2.55. The number of anilines is 1. The van der Waals surface area contributed by atoms with Crippen LogP contribution in [0.15, 0.2) is 36.8 Å². The molecule has 10 heteroatoms. The number of hydrogen-bond donors (Lipinski definition) is 2. The summed E-state index contributed by atoms with van der Waals surface area (Å²) in [5.41, 5.74) is 2.37. The van der Waals surface area contributed by atoms with Crippen molar-refractivity contribution in [2.45, 2.75) is 18.4 Å². The second-order valence-corrected chi connectivity index (χ2v) is 6.95. The number of carbonyl (C=O) groups is 1. The first-order chi connectivity index (χ1) is 13.9. The molecule has 1 fully saturated rings. The molecule has 0 saturated heterocycles. The molecule has 1 amide bonds. The summed E-state index contributed by atoms with van der Waals surface area (Å²) in [5, 5.41) is 10.6. The van der Waals surface area contributed by atoms with E-state index in [-0.39, 0.29) is 12.3 Å². The van der Waals surface area contributed by atoms with Crippen LogP contribution in [-0.2, 0) is 0 Å². The monoisotopic (exact) mass is 397 g/mol. The predicted molar refractivity (Wildman–Crippen MR) is 103 cm³/mol. The molecule has 148 valence electrons. The van der Waals surface area contributed by atoms with Crippen molar-refractivity contribution in [2.75, 3.05) is 19.4 Å². The first kappa shape index (κ1) is 17.5. The number of nitrogens with zero attached hydrogens (tertiary/aromatic N) is 5. The van der Waals surface area contributed by atoms with Crippen LogP contribution in [0.2, 0.25) is 0 Å². The fraction of sp³-hybridized carbons (Fsp3) is 0.263. The summed E-state index contributed by atoms with van der Waals surface area (Å²) in [7, 11) is 3.26. The number of pyridine rings is 1. The molecular formula is C19H17F2N7O. The van der Waals surface area contributed by atoms with Gasteiger partial charge in [-0.2, -0.15) is 9.61 Å². The van der Waals surface area contributed by atoms with E-state index in [9.17, 15) is 13.6 Å². The third-order valence-corrected chi connectivity index (χ3v) is 5.19. The number of fused-ring (bicyclic) bond motifs is 2. The van der Waals surface area contributed by atoms with E-state index in [1.54, 1.807) is 31.6 Å². The molecule has 1 saturated carbocycles. The van der Waals surface area contributed by atoms with Crippen LogP contribution in [0.5, 0.6) is 0 Å². The molecule has 2 N–H and O–H groups in total. The van der Waals surface area contributed by atoms with Gasteiger partial charge in [-0.3, -0.25) is 4.79 Å². The van der Waals surface area contributed by atoms with Gasteiger partial charge >= 0.3 is 0 Å². The minimum Gasteiger partial charge on any atom is -0.373 e. The zero-order valence-electron chi connectivity index (χ0n) is 15.6. The van der Waals surface area contributed by atoms with Gasteiger partial charge in [0.05, 0.1) is 11.9 Å². The van der Waals surface area contributed by atoms with E-state index in [1.165, 1.54) is 22.3 Å². The highest BCUT2D eigenvalue weighted by atomic mass is 19.3. The smallest absolute Gasteiger partial charge is 0.270 e. The maximum atomic E-state index is 13.8. The SMILES string of the molecule is CNC(=O)c1cnn2c(NC)cc(-c3cn([C@@H]4CC4(F)F)c4ncccc34)nc12. The summed E-state index contributed by atoms with van der Waals surface area (Å²) in [6.07, 6.45) is 4.49. The van der Waals surface area contributed by atoms with Crippen LogP contribution in [0, 0.1) is 0 Å². The molecule has 29 heavy (non-hydrogen) atoms. The van der Waals surface area contributed by atoms with Crippen molar-refractivity contribution in [1.82, 2.24) is 29.5 Å². The van der Waals surface area contributed by atoms with Crippen molar-refractivity contribution in [3.63, 3.8) is 0 Å². The van der Waals surface area contributed by atoms with E-state index in [2.05, 4.69) is 25.7 Å². The normalized spacial score (nSPS) is 17.6. The van der Waals surface area contributed by atoms with Crippen LogP contribution < -0.4 is 10.6 Å². The van der Waals surface area contributed by atoms with E-state index >= 15 is 0 Å². The summed E-state index contributed by atoms with van der Waals surface area (Å²) < 4.78 is 30.6. The number of rotatable bonds is 4. The Kier molecular flexibility index (Phi) is 3.61. The van der Waals surface area contributed by atoms with Crippen molar-refractivity contribution in [3.05, 3.63) is 42.4 Å². The largest absolute Gasteiger partial charge is 0.373 e. The molecule has 4 aromatic rings. The molecule has 0 unspecified atom stereocenters. The van der Waals surface area contributed by atoms with Gasteiger partial charge in [0.2, 0.25) is 0 Å². The Labute approximate surface area is 163 Å². The number of carbonyl (C=O) groups excluding carboxylic acids is 1. The standard InChI is InChI=1S/C19H17F2N7O/c1-22-15-6-13(26-17-11(18(29)23-2)8-25-28(15)17)12-9-27(14-7-19(14,20)21)16-10(12)4-3-5-24-16/h3-6,8-9,14,22H,7H2,1-2H3,(H,23,29)/t14-/m1/s1. The second kappa shape index (κ2) is 5.97. The van der Waals surface area contributed by atoms with E-state index in [0.717, 1.165) is 5.39 Å². The van der Waals surface area contributed by atoms with Gasteiger partial charge in [-0.15, -0.1) is 0 Å². The Morgan fingerprint density at radius 3 is 2.79 bits per heavy atom. The van der Waals surface area contributed by atoms with Gasteiger partial charge in [0.1, 0.15) is 23.1 Å². The lowest BCUT2D eigenvalue weighted by Crippen LogP contribution is -2.18. The third-order valence-electron chi connectivity index (χ3n) is 5.19. The number of aromatic nitrogens is 5. The Hall–Kier alpha value is -3.56. The molecule has 4 heterocycles. The van der Waals surface area contributed by atoms with Crippen LogP contribution in [0.4, 0.5) is 14.6 Å². The zero-order chi connectivity index (χ0) is 20.3.